The minimum atomic E-state index is -0.588. The summed E-state index contributed by atoms with van der Waals surface area (Å²) < 4.78 is 5.63. The van der Waals surface area contributed by atoms with Crippen molar-refractivity contribution in [2.24, 2.45) is 0 Å². The van der Waals surface area contributed by atoms with Gasteiger partial charge in [0.25, 0.3) is 0 Å². The molecule has 0 aliphatic rings. The highest BCUT2D eigenvalue weighted by Crippen LogP contribution is 2.23. The van der Waals surface area contributed by atoms with Crippen LogP contribution in [0.15, 0.2) is 48.5 Å². The average molecular weight is 272 g/mol. The van der Waals surface area contributed by atoms with Gasteiger partial charge in [-0.2, -0.15) is 0 Å². The number of rotatable bonds is 5. The van der Waals surface area contributed by atoms with Crippen molar-refractivity contribution >= 4 is 0 Å². The zero-order valence-corrected chi connectivity index (χ0v) is 11.8. The van der Waals surface area contributed by atoms with Crippen LogP contribution in [0.5, 0.6) is 11.5 Å². The first kappa shape index (κ1) is 14.4. The van der Waals surface area contributed by atoms with Crippen LogP contribution in [0.3, 0.4) is 0 Å². The monoisotopic (exact) mass is 272 g/mol. The molecule has 0 saturated heterocycles. The number of hydrogen-bond donors (Lipinski definition) is 2. The Morgan fingerprint density at radius 1 is 1.05 bits per heavy atom. The summed E-state index contributed by atoms with van der Waals surface area (Å²) in [4.78, 5) is 0. The zero-order chi connectivity index (χ0) is 14.5. The summed E-state index contributed by atoms with van der Waals surface area (Å²) in [5.74, 6) is 0.998. The number of hydrogen-bond acceptors (Lipinski definition) is 3. The van der Waals surface area contributed by atoms with Crippen molar-refractivity contribution in [3.8, 4) is 11.5 Å². The highest BCUT2D eigenvalue weighted by molar-refractivity contribution is 5.32. The van der Waals surface area contributed by atoms with Crippen LogP contribution in [-0.2, 0) is 6.42 Å². The van der Waals surface area contributed by atoms with Crippen molar-refractivity contribution in [3.05, 3.63) is 59.7 Å². The van der Waals surface area contributed by atoms with E-state index in [9.17, 15) is 10.2 Å². The lowest BCUT2D eigenvalue weighted by Gasteiger charge is -2.14. The lowest BCUT2D eigenvalue weighted by atomic mass is 10.0. The van der Waals surface area contributed by atoms with Gasteiger partial charge in [0.2, 0.25) is 0 Å². The van der Waals surface area contributed by atoms with E-state index in [0.29, 0.717) is 6.42 Å². The average Bonchev–Trinajstić information content (AvgIpc) is 2.41. The van der Waals surface area contributed by atoms with E-state index < -0.39 is 6.10 Å². The third kappa shape index (κ3) is 4.00. The smallest absolute Gasteiger partial charge is 0.120 e. The van der Waals surface area contributed by atoms with Crippen LogP contribution in [0.4, 0.5) is 0 Å². The normalized spacial score (nSPS) is 12.4. The quantitative estimate of drug-likeness (QED) is 0.876. The minimum absolute atomic E-state index is 0.111. The van der Waals surface area contributed by atoms with E-state index in [4.69, 9.17) is 4.74 Å². The van der Waals surface area contributed by atoms with Gasteiger partial charge < -0.3 is 14.9 Å². The lowest BCUT2D eigenvalue weighted by Crippen LogP contribution is -2.07. The molecule has 0 heterocycles. The molecule has 1 unspecified atom stereocenters. The number of phenols is 1. The first-order chi connectivity index (χ1) is 9.54. The largest absolute Gasteiger partial charge is 0.508 e. The third-order valence-corrected chi connectivity index (χ3v) is 2.98. The van der Waals surface area contributed by atoms with Gasteiger partial charge in [-0.25, -0.2) is 0 Å². The molecule has 0 fully saturated rings. The van der Waals surface area contributed by atoms with E-state index in [1.807, 2.05) is 50.2 Å². The molecule has 0 bridgehead atoms. The van der Waals surface area contributed by atoms with Gasteiger partial charge in [0.1, 0.15) is 11.5 Å². The van der Waals surface area contributed by atoms with Crippen LogP contribution in [0.25, 0.3) is 0 Å². The van der Waals surface area contributed by atoms with Gasteiger partial charge in [0, 0.05) is 6.42 Å². The van der Waals surface area contributed by atoms with Crippen molar-refractivity contribution in [1.29, 1.82) is 0 Å². The van der Waals surface area contributed by atoms with Crippen molar-refractivity contribution in [2.75, 3.05) is 0 Å². The highest BCUT2D eigenvalue weighted by Gasteiger charge is 2.10. The second-order valence-electron chi connectivity index (χ2n) is 5.13. The summed E-state index contributed by atoms with van der Waals surface area (Å²) >= 11 is 0. The molecule has 20 heavy (non-hydrogen) atoms. The molecule has 0 aliphatic carbocycles. The molecule has 106 valence electrons. The Morgan fingerprint density at radius 2 is 1.75 bits per heavy atom. The molecule has 0 aromatic heterocycles. The number of aliphatic hydroxyl groups is 1. The summed E-state index contributed by atoms with van der Waals surface area (Å²) in [6, 6.07) is 14.4. The van der Waals surface area contributed by atoms with Crippen LogP contribution in [0.1, 0.15) is 31.1 Å². The summed E-state index contributed by atoms with van der Waals surface area (Å²) in [6.07, 6.45) is 0.0283. The van der Waals surface area contributed by atoms with Gasteiger partial charge >= 0.3 is 0 Å². The Labute approximate surface area is 119 Å². The maximum atomic E-state index is 10.3. The molecule has 2 rings (SSSR count). The van der Waals surface area contributed by atoms with E-state index in [-0.39, 0.29) is 11.9 Å². The van der Waals surface area contributed by atoms with Crippen LogP contribution in [0, 0.1) is 0 Å². The molecular weight excluding hydrogens is 252 g/mol. The van der Waals surface area contributed by atoms with Crippen LogP contribution in [0.2, 0.25) is 0 Å². The van der Waals surface area contributed by atoms with Crippen LogP contribution < -0.4 is 4.74 Å². The van der Waals surface area contributed by atoms with Gasteiger partial charge in [0.05, 0.1) is 12.2 Å². The molecule has 0 radical (unpaired) electrons. The molecule has 2 aromatic rings. The van der Waals surface area contributed by atoms with E-state index in [1.165, 1.54) is 0 Å². The van der Waals surface area contributed by atoms with Crippen molar-refractivity contribution in [2.45, 2.75) is 32.5 Å². The molecule has 0 spiro atoms. The van der Waals surface area contributed by atoms with E-state index in [0.717, 1.165) is 16.9 Å². The Bertz CT molecular complexity index is 546. The number of phenolic OH excluding ortho intramolecular Hbond substituents is 1. The number of aliphatic hydroxyl groups excluding tert-OH is 1. The Kier molecular flexibility index (Phi) is 4.64. The Balaban J connectivity index is 2.08. The fraction of sp³-hybridized carbons (Fsp3) is 0.294. The molecular formula is C17H20O3. The third-order valence-electron chi connectivity index (χ3n) is 2.98. The molecule has 0 amide bonds. The molecule has 3 nitrogen and oxygen atoms in total. The molecule has 2 N–H and O–H groups in total. The van der Waals surface area contributed by atoms with Gasteiger partial charge in [0.15, 0.2) is 0 Å². The molecule has 0 aliphatic heterocycles. The molecule has 2 aromatic carbocycles. The fourth-order valence-electron chi connectivity index (χ4n) is 2.04. The molecule has 1 atom stereocenters. The van der Waals surface area contributed by atoms with Gasteiger partial charge in [-0.1, -0.05) is 24.3 Å². The second-order valence-corrected chi connectivity index (χ2v) is 5.13. The maximum absolute atomic E-state index is 10.3. The number of ether oxygens (including phenoxy) is 1. The second kappa shape index (κ2) is 6.44. The molecule has 0 saturated carbocycles. The van der Waals surface area contributed by atoms with Crippen LogP contribution >= 0.6 is 0 Å². The maximum Gasteiger partial charge on any atom is 0.120 e. The summed E-state index contributed by atoms with van der Waals surface area (Å²) in [6.45, 7) is 3.94. The topological polar surface area (TPSA) is 49.7 Å². The molecule has 3 heteroatoms. The summed E-state index contributed by atoms with van der Waals surface area (Å²) in [5, 5.41) is 19.5. The van der Waals surface area contributed by atoms with E-state index in [2.05, 4.69) is 0 Å². The highest BCUT2D eigenvalue weighted by atomic mass is 16.5. The Hall–Kier alpha value is -2.00. The van der Waals surface area contributed by atoms with Gasteiger partial charge in [-0.3, -0.25) is 0 Å². The summed E-state index contributed by atoms with van der Waals surface area (Å²) in [7, 11) is 0. The van der Waals surface area contributed by atoms with Crippen LogP contribution in [-0.4, -0.2) is 16.3 Å². The van der Waals surface area contributed by atoms with Crippen molar-refractivity contribution in [3.63, 3.8) is 0 Å². The SMILES string of the molecule is CC(C)Oc1cccc(C(O)Cc2ccc(O)cc2)c1. The minimum Gasteiger partial charge on any atom is -0.508 e. The summed E-state index contributed by atoms with van der Waals surface area (Å²) in [5.41, 5.74) is 1.81. The predicted molar refractivity (Wildman–Crippen MR) is 79.0 cm³/mol. The van der Waals surface area contributed by atoms with Crippen molar-refractivity contribution in [1.82, 2.24) is 0 Å². The van der Waals surface area contributed by atoms with Gasteiger partial charge in [-0.05, 0) is 49.2 Å². The van der Waals surface area contributed by atoms with E-state index >= 15 is 0 Å². The number of benzene rings is 2. The fourth-order valence-corrected chi connectivity index (χ4v) is 2.04. The predicted octanol–water partition coefficient (Wildman–Crippen LogP) is 3.46. The standard InChI is InChI=1S/C17H20O3/c1-12(2)20-16-5-3-4-14(11-16)17(19)10-13-6-8-15(18)9-7-13/h3-9,11-12,17-19H,10H2,1-2H3. The zero-order valence-electron chi connectivity index (χ0n) is 11.8. The number of aromatic hydroxyl groups is 1. The lowest BCUT2D eigenvalue weighted by molar-refractivity contribution is 0.177. The Morgan fingerprint density at radius 3 is 2.40 bits per heavy atom. The van der Waals surface area contributed by atoms with Crippen molar-refractivity contribution < 1.29 is 14.9 Å². The first-order valence-corrected chi connectivity index (χ1v) is 6.77. The van der Waals surface area contributed by atoms with Gasteiger partial charge in [-0.15, -0.1) is 0 Å². The first-order valence-electron chi connectivity index (χ1n) is 6.77. The van der Waals surface area contributed by atoms with E-state index in [1.54, 1.807) is 12.1 Å².